The Morgan fingerprint density at radius 3 is 1.86 bits per heavy atom. The van der Waals surface area contributed by atoms with E-state index in [2.05, 4.69) is 34.2 Å². The molecular weight excluding hydrogens is 348 g/mol. The van der Waals surface area contributed by atoms with E-state index in [-0.39, 0.29) is 5.91 Å². The number of nitrogens with zero attached hydrogens (tertiary/aromatic N) is 4. The number of anilines is 1. The second kappa shape index (κ2) is 9.65. The van der Waals surface area contributed by atoms with E-state index in [1.54, 1.807) is 11.0 Å². The summed E-state index contributed by atoms with van der Waals surface area (Å²) in [6, 6.07) is 23.9. The number of amides is 1. The maximum absolute atomic E-state index is 12.8. The van der Waals surface area contributed by atoms with Gasteiger partial charge in [0.1, 0.15) is 0 Å². The van der Waals surface area contributed by atoms with Crippen LogP contribution in [0, 0.1) is 0 Å². The molecule has 0 spiro atoms. The van der Waals surface area contributed by atoms with Gasteiger partial charge >= 0.3 is 0 Å². The molecule has 1 aromatic heterocycles. The van der Waals surface area contributed by atoms with E-state index >= 15 is 0 Å². The van der Waals surface area contributed by atoms with Crippen LogP contribution in [0.15, 0.2) is 72.8 Å². The molecule has 0 fully saturated rings. The Kier molecular flexibility index (Phi) is 6.73. The van der Waals surface area contributed by atoms with Crippen molar-refractivity contribution in [2.75, 3.05) is 18.0 Å². The van der Waals surface area contributed by atoms with Gasteiger partial charge in [-0.2, -0.15) is 0 Å². The monoisotopic (exact) mass is 374 g/mol. The maximum atomic E-state index is 12.8. The molecule has 1 amide bonds. The molecule has 0 radical (unpaired) electrons. The fourth-order valence-electron chi connectivity index (χ4n) is 3.06. The summed E-state index contributed by atoms with van der Waals surface area (Å²) in [6.45, 7) is 6.81. The predicted octanol–water partition coefficient (Wildman–Crippen LogP) is 4.17. The highest BCUT2D eigenvalue weighted by Crippen LogP contribution is 2.15. The van der Waals surface area contributed by atoms with Crippen LogP contribution < -0.4 is 4.90 Å². The molecule has 0 saturated carbocycles. The summed E-state index contributed by atoms with van der Waals surface area (Å²) < 4.78 is 0. The number of carbonyl (C=O) groups excluding carboxylic acids is 1. The van der Waals surface area contributed by atoms with Gasteiger partial charge in [-0.3, -0.25) is 4.79 Å². The SMILES string of the molecule is CCN(Cc1ccccc1)C(=O)c1ccc(N(CC)Cc2ccccc2)nn1. The lowest BCUT2D eigenvalue weighted by Gasteiger charge is -2.23. The minimum atomic E-state index is -0.100. The van der Waals surface area contributed by atoms with Crippen molar-refractivity contribution in [1.29, 1.82) is 0 Å². The number of hydrogen-bond acceptors (Lipinski definition) is 4. The van der Waals surface area contributed by atoms with Crippen LogP contribution in [0.4, 0.5) is 5.82 Å². The Balaban J connectivity index is 1.70. The smallest absolute Gasteiger partial charge is 0.274 e. The summed E-state index contributed by atoms with van der Waals surface area (Å²) in [4.78, 5) is 16.7. The van der Waals surface area contributed by atoms with Crippen LogP contribution >= 0.6 is 0 Å². The zero-order chi connectivity index (χ0) is 19.8. The summed E-state index contributed by atoms with van der Waals surface area (Å²) in [5.41, 5.74) is 2.69. The fourth-order valence-corrected chi connectivity index (χ4v) is 3.06. The highest BCUT2D eigenvalue weighted by atomic mass is 16.2. The molecule has 0 aliphatic rings. The van der Waals surface area contributed by atoms with Crippen molar-refractivity contribution < 1.29 is 4.79 Å². The van der Waals surface area contributed by atoms with Gasteiger partial charge in [-0.05, 0) is 37.1 Å². The zero-order valence-electron chi connectivity index (χ0n) is 16.5. The van der Waals surface area contributed by atoms with Crippen LogP contribution in [0.5, 0.6) is 0 Å². The molecule has 0 aliphatic carbocycles. The molecule has 5 nitrogen and oxygen atoms in total. The van der Waals surface area contributed by atoms with Gasteiger partial charge in [-0.15, -0.1) is 10.2 Å². The van der Waals surface area contributed by atoms with Crippen molar-refractivity contribution in [2.24, 2.45) is 0 Å². The molecule has 0 N–H and O–H groups in total. The second-order valence-corrected chi connectivity index (χ2v) is 6.58. The molecule has 5 heteroatoms. The van der Waals surface area contributed by atoms with E-state index in [1.807, 2.05) is 61.5 Å². The number of carbonyl (C=O) groups is 1. The molecule has 0 aliphatic heterocycles. The second-order valence-electron chi connectivity index (χ2n) is 6.58. The predicted molar refractivity (Wildman–Crippen MR) is 112 cm³/mol. The van der Waals surface area contributed by atoms with Crippen LogP contribution in [0.2, 0.25) is 0 Å². The first-order chi connectivity index (χ1) is 13.7. The summed E-state index contributed by atoms with van der Waals surface area (Å²) in [7, 11) is 0. The minimum Gasteiger partial charge on any atom is -0.351 e. The van der Waals surface area contributed by atoms with Crippen molar-refractivity contribution >= 4 is 11.7 Å². The van der Waals surface area contributed by atoms with Crippen LogP contribution in [-0.4, -0.2) is 34.1 Å². The number of benzene rings is 2. The van der Waals surface area contributed by atoms with Crippen LogP contribution in [0.25, 0.3) is 0 Å². The Morgan fingerprint density at radius 2 is 1.36 bits per heavy atom. The van der Waals surface area contributed by atoms with Gasteiger partial charge in [-0.1, -0.05) is 60.7 Å². The number of aromatic nitrogens is 2. The minimum absolute atomic E-state index is 0.100. The summed E-state index contributed by atoms with van der Waals surface area (Å²) in [5, 5.41) is 8.54. The third-order valence-corrected chi connectivity index (χ3v) is 4.68. The highest BCUT2D eigenvalue weighted by molar-refractivity contribution is 5.92. The molecule has 3 aromatic rings. The van der Waals surface area contributed by atoms with E-state index in [4.69, 9.17) is 0 Å². The molecule has 0 unspecified atom stereocenters. The quantitative estimate of drug-likeness (QED) is 0.594. The van der Waals surface area contributed by atoms with E-state index in [9.17, 15) is 4.79 Å². The first-order valence-electron chi connectivity index (χ1n) is 9.67. The molecule has 3 rings (SSSR count). The molecule has 0 atom stereocenters. The third-order valence-electron chi connectivity index (χ3n) is 4.68. The van der Waals surface area contributed by atoms with Gasteiger partial charge in [0.05, 0.1) is 0 Å². The molecule has 2 aromatic carbocycles. The van der Waals surface area contributed by atoms with E-state index < -0.39 is 0 Å². The molecule has 28 heavy (non-hydrogen) atoms. The Labute approximate surface area is 166 Å². The largest absolute Gasteiger partial charge is 0.351 e. The van der Waals surface area contributed by atoms with Crippen LogP contribution in [0.1, 0.15) is 35.5 Å². The van der Waals surface area contributed by atoms with E-state index in [0.29, 0.717) is 18.8 Å². The maximum Gasteiger partial charge on any atom is 0.274 e. The van der Waals surface area contributed by atoms with Crippen LogP contribution in [0.3, 0.4) is 0 Å². The Bertz CT molecular complexity index is 866. The first-order valence-corrected chi connectivity index (χ1v) is 9.67. The highest BCUT2D eigenvalue weighted by Gasteiger charge is 2.17. The topological polar surface area (TPSA) is 49.3 Å². The van der Waals surface area contributed by atoms with Gasteiger partial charge in [0.15, 0.2) is 11.5 Å². The van der Waals surface area contributed by atoms with Crippen molar-refractivity contribution in [2.45, 2.75) is 26.9 Å². The molecule has 144 valence electrons. The molecular formula is C23H26N4O. The molecule has 0 bridgehead atoms. The molecule has 1 heterocycles. The van der Waals surface area contributed by atoms with Crippen LogP contribution in [-0.2, 0) is 13.1 Å². The number of hydrogen-bond donors (Lipinski definition) is 0. The lowest BCUT2D eigenvalue weighted by Crippen LogP contribution is -2.31. The number of rotatable bonds is 8. The lowest BCUT2D eigenvalue weighted by atomic mass is 10.2. The summed E-state index contributed by atoms with van der Waals surface area (Å²) in [5.74, 6) is 0.672. The molecule has 0 saturated heterocycles. The van der Waals surface area contributed by atoms with Crippen molar-refractivity contribution in [3.05, 3.63) is 89.6 Å². The van der Waals surface area contributed by atoms with Gasteiger partial charge in [0.2, 0.25) is 0 Å². The normalized spacial score (nSPS) is 10.5. The van der Waals surface area contributed by atoms with Gasteiger partial charge < -0.3 is 9.80 Å². The van der Waals surface area contributed by atoms with Gasteiger partial charge in [0, 0.05) is 26.2 Å². The Morgan fingerprint density at radius 1 is 0.750 bits per heavy atom. The zero-order valence-corrected chi connectivity index (χ0v) is 16.5. The van der Waals surface area contributed by atoms with E-state index in [0.717, 1.165) is 24.5 Å². The van der Waals surface area contributed by atoms with Crippen molar-refractivity contribution in [3.8, 4) is 0 Å². The summed E-state index contributed by atoms with van der Waals surface area (Å²) in [6.07, 6.45) is 0. The standard InChI is InChI=1S/C23H26N4O/c1-3-26(17-19-11-7-5-8-12-19)22-16-15-21(24-25-22)23(28)27(4-2)18-20-13-9-6-10-14-20/h5-16H,3-4,17-18H2,1-2H3. The van der Waals surface area contributed by atoms with Gasteiger partial charge in [-0.25, -0.2) is 0 Å². The van der Waals surface area contributed by atoms with E-state index in [1.165, 1.54) is 5.56 Å². The first kappa shape index (κ1) is 19.5. The van der Waals surface area contributed by atoms with Gasteiger partial charge in [0.25, 0.3) is 5.91 Å². The lowest BCUT2D eigenvalue weighted by molar-refractivity contribution is 0.0745. The third kappa shape index (κ3) is 4.94. The average Bonchev–Trinajstić information content (AvgIpc) is 2.77. The Hall–Kier alpha value is -3.21. The van der Waals surface area contributed by atoms with Crippen molar-refractivity contribution in [3.63, 3.8) is 0 Å². The average molecular weight is 374 g/mol. The van der Waals surface area contributed by atoms with Crippen molar-refractivity contribution in [1.82, 2.24) is 15.1 Å². The fraction of sp³-hybridized carbons (Fsp3) is 0.261. The summed E-state index contributed by atoms with van der Waals surface area (Å²) >= 11 is 0.